The fraction of sp³-hybridized carbons (Fsp3) is 0.707. The Morgan fingerprint density at radius 3 is 1.69 bits per heavy atom. The van der Waals surface area contributed by atoms with Gasteiger partial charge in [0.15, 0.2) is 0 Å². The molecular formula is C75H124N14O16. The maximum Gasteiger partial charge on any atom is 0.329 e. The molecular weight excluding hydrogens is 1350 g/mol. The molecule has 1 aromatic carbocycles. The maximum atomic E-state index is 15.0. The molecule has 0 aliphatic carbocycles. The van der Waals surface area contributed by atoms with Crippen molar-refractivity contribution in [3.8, 4) is 0 Å². The van der Waals surface area contributed by atoms with E-state index >= 15 is 9.59 Å². The van der Waals surface area contributed by atoms with E-state index < -0.39 is 203 Å². The smallest absolute Gasteiger partial charge is 0.329 e. The average Bonchev–Trinajstić information content (AvgIpc) is 1.79. The monoisotopic (exact) mass is 1480 g/mol. The van der Waals surface area contributed by atoms with Crippen molar-refractivity contribution in [2.75, 3.05) is 13.1 Å². The van der Waals surface area contributed by atoms with Crippen LogP contribution in [0.3, 0.4) is 0 Å². The molecule has 0 bridgehead atoms. The van der Waals surface area contributed by atoms with Gasteiger partial charge in [-0.3, -0.25) is 62.3 Å². The number of carbonyl (C=O) groups excluding carboxylic acids is 14. The van der Waals surface area contributed by atoms with Gasteiger partial charge in [0.2, 0.25) is 70.9 Å². The second-order valence-corrected chi connectivity index (χ2v) is 30.2. The molecule has 0 saturated carbocycles. The van der Waals surface area contributed by atoms with Gasteiger partial charge in [0, 0.05) is 19.4 Å². The molecule has 16 atom stereocenters. The molecule has 4 unspecified atom stereocenters. The predicted octanol–water partition coefficient (Wildman–Crippen LogP) is 1.84. The summed E-state index contributed by atoms with van der Waals surface area (Å²) in [5.74, 6) is -15.1. The van der Waals surface area contributed by atoms with Crippen molar-refractivity contribution in [1.29, 1.82) is 0 Å². The van der Waals surface area contributed by atoms with Crippen LogP contribution in [-0.4, -0.2) is 191 Å². The predicted molar refractivity (Wildman–Crippen MR) is 395 cm³/mol. The summed E-state index contributed by atoms with van der Waals surface area (Å²) < 4.78 is 5.96. The van der Waals surface area contributed by atoms with Gasteiger partial charge < -0.3 is 84.3 Å². The first-order valence-electron chi connectivity index (χ1n) is 37.5. The van der Waals surface area contributed by atoms with E-state index in [1.807, 2.05) is 13.8 Å². The maximum absolute atomic E-state index is 15.0. The quantitative estimate of drug-likeness (QED) is 0.0353. The highest BCUT2D eigenvalue weighted by atomic mass is 16.5. The summed E-state index contributed by atoms with van der Waals surface area (Å²) in [6.45, 7) is 31.8. The van der Waals surface area contributed by atoms with Gasteiger partial charge >= 0.3 is 5.97 Å². The minimum Gasteiger partial charge on any atom is -0.458 e. The van der Waals surface area contributed by atoms with Gasteiger partial charge in [-0.2, -0.15) is 0 Å². The first kappa shape index (κ1) is 90.7. The van der Waals surface area contributed by atoms with Gasteiger partial charge in [0.25, 0.3) is 5.91 Å². The number of esters is 1. The number of nitrogens with two attached hydrogens (primary N) is 1. The fourth-order valence-electron chi connectivity index (χ4n) is 12.1. The summed E-state index contributed by atoms with van der Waals surface area (Å²) in [6, 6.07) is -7.67. The number of nitrogens with zero attached hydrogens (tertiary/aromatic N) is 1. The molecule has 0 spiro atoms. The van der Waals surface area contributed by atoms with Crippen molar-refractivity contribution in [3.05, 3.63) is 47.7 Å². The van der Waals surface area contributed by atoms with Crippen LogP contribution in [0.4, 0.5) is 0 Å². The number of amides is 13. The Morgan fingerprint density at radius 1 is 0.610 bits per heavy atom. The van der Waals surface area contributed by atoms with Crippen LogP contribution in [0.5, 0.6) is 0 Å². The first-order valence-corrected chi connectivity index (χ1v) is 37.5. The second-order valence-electron chi connectivity index (χ2n) is 30.2. The largest absolute Gasteiger partial charge is 0.458 e. The number of aliphatic hydroxyl groups is 1. The third-order valence-electron chi connectivity index (χ3n) is 19.3. The summed E-state index contributed by atoms with van der Waals surface area (Å²) in [4.78, 5) is 202. The molecule has 2 fully saturated rings. The molecule has 13 amide bonds. The zero-order valence-electron chi connectivity index (χ0n) is 65.2. The van der Waals surface area contributed by atoms with Gasteiger partial charge in [0.1, 0.15) is 84.3 Å². The Morgan fingerprint density at radius 2 is 1.15 bits per heavy atom. The van der Waals surface area contributed by atoms with Gasteiger partial charge in [0.05, 0.1) is 6.10 Å². The number of likely N-dealkylation sites (tertiary alicyclic amines) is 1. The van der Waals surface area contributed by atoms with E-state index in [-0.39, 0.29) is 63.2 Å². The van der Waals surface area contributed by atoms with Gasteiger partial charge in [-0.25, -0.2) is 4.79 Å². The molecule has 590 valence electrons. The highest BCUT2D eigenvalue weighted by Crippen LogP contribution is 2.23. The molecule has 0 aromatic heterocycles. The summed E-state index contributed by atoms with van der Waals surface area (Å²) >= 11 is 0. The zero-order chi connectivity index (χ0) is 79.4. The molecule has 2 heterocycles. The van der Waals surface area contributed by atoms with Crippen LogP contribution in [-0.2, 0) is 78.3 Å². The average molecular weight is 1480 g/mol. The second kappa shape index (κ2) is 43.8. The molecule has 2 aliphatic rings. The number of carbonyl (C=O) groups is 14. The number of nitrogens with one attached hydrogen (secondary N) is 12. The van der Waals surface area contributed by atoms with Gasteiger partial charge in [-0.05, 0) is 112 Å². The van der Waals surface area contributed by atoms with E-state index in [1.165, 1.54) is 31.7 Å². The third kappa shape index (κ3) is 27.7. The number of benzene rings is 1. The molecule has 105 heavy (non-hydrogen) atoms. The van der Waals surface area contributed by atoms with Crippen LogP contribution >= 0.6 is 0 Å². The van der Waals surface area contributed by atoms with Crippen molar-refractivity contribution >= 4 is 82.8 Å². The van der Waals surface area contributed by atoms with E-state index in [0.717, 1.165) is 6.42 Å². The zero-order valence-corrected chi connectivity index (χ0v) is 65.2. The van der Waals surface area contributed by atoms with Crippen LogP contribution in [0.25, 0.3) is 0 Å². The standard InChI is InChI=1S/C75H124N14O16/c1-20-44(16)59(71(100)88-62-47(19)105-75(104)58(43(14)15)84-63(92)49(22-3)77-65(94)51(37-48-30-24-23-25-31-48)79-67(96)55(40(8)9)81-70(99)60(45(17)21-2)86-73(62)102)85-64(93)50(32-27-35-76)78-66(95)52-33-28-36-89(52)74(103)57(42(12)13)83-69(98)56(41(10)11)82-72(101)61(46(18)90)87-68(97)54(39(6)7)80-53(91)34-26-29-38(4)5/h22-25,30-31,38-47,50-52,54-62,90H,20-21,26-29,32-37,76H2,1-19H3,(H,77,94)(H,78,95)(H,79,96)(H,80,91)(H,81,99)(H,82,101)(H,83,98)(H,84,92)(H,85,93)(H,86,102)(H,87,97)(H,88,100)/b49-22-/t44?,45?,46?,47?,50-,51-,52+,54+,55+,56-,57+,58-,59-,60+,61-,62+/m0/s1. The minimum absolute atomic E-state index is 0.0355. The van der Waals surface area contributed by atoms with E-state index in [4.69, 9.17) is 10.5 Å². The number of cyclic esters (lactones) is 1. The lowest BCUT2D eigenvalue weighted by Crippen LogP contribution is -2.64. The van der Waals surface area contributed by atoms with E-state index in [1.54, 1.807) is 127 Å². The molecule has 3 rings (SSSR count). The van der Waals surface area contributed by atoms with Gasteiger partial charge in [-0.15, -0.1) is 0 Å². The van der Waals surface area contributed by atoms with Crippen molar-refractivity contribution in [3.63, 3.8) is 0 Å². The SMILES string of the molecule is C/C=C1\NC(=O)[C@H](Cc2ccccc2)NC(=O)[C@@H](C(C)C)NC(=O)[C@@H](C(C)CC)NC(=O)[C@H](NC(=O)[C@@H](NC(=O)[C@H](CCCN)NC(=O)[C@H]2CCCN2C(=O)[C@H](NC(=O)[C@@H](NC(=O)[C@@H](NC(=O)[C@H](NC(=O)CCCC(C)C)C(C)C)C(C)O)C(C)C)C(C)C)C(C)CC)C(C)OC(=O)[C@H](C(C)C)NC1=O. The summed E-state index contributed by atoms with van der Waals surface area (Å²) in [5, 5.41) is 43.2. The Labute approximate surface area is 620 Å². The first-order chi connectivity index (χ1) is 49.2. The van der Waals surface area contributed by atoms with Crippen LogP contribution in [0.2, 0.25) is 0 Å². The van der Waals surface area contributed by atoms with E-state index in [2.05, 4.69) is 63.8 Å². The lowest BCUT2D eigenvalue weighted by molar-refractivity contribution is -0.157. The Kier molecular flexibility index (Phi) is 37.8. The van der Waals surface area contributed by atoms with E-state index in [0.29, 0.717) is 30.7 Å². The number of hydrogen-bond acceptors (Lipinski definition) is 17. The molecule has 2 aliphatic heterocycles. The summed E-state index contributed by atoms with van der Waals surface area (Å²) in [5.41, 5.74) is 6.34. The molecule has 1 aromatic rings. The van der Waals surface area contributed by atoms with Crippen LogP contribution in [0.15, 0.2) is 42.1 Å². The van der Waals surface area contributed by atoms with Crippen molar-refractivity contribution in [1.82, 2.24) is 68.7 Å². The third-order valence-corrected chi connectivity index (χ3v) is 19.3. The van der Waals surface area contributed by atoms with Crippen molar-refractivity contribution in [2.24, 2.45) is 53.1 Å². The van der Waals surface area contributed by atoms with Gasteiger partial charge in [-0.1, -0.05) is 166 Å². The summed E-state index contributed by atoms with van der Waals surface area (Å²) in [7, 11) is 0. The minimum atomic E-state index is -1.83. The van der Waals surface area contributed by atoms with Crippen molar-refractivity contribution in [2.45, 2.75) is 280 Å². The number of allylic oxidation sites excluding steroid dienone is 1. The molecule has 0 radical (unpaired) electrons. The molecule has 30 nitrogen and oxygen atoms in total. The lowest BCUT2D eigenvalue weighted by Gasteiger charge is -2.33. The number of ether oxygens (including phenoxy) is 1. The topological polar surface area (TPSA) is 442 Å². The van der Waals surface area contributed by atoms with E-state index in [9.17, 15) is 62.6 Å². The molecule has 2 saturated heterocycles. The number of hydrogen-bond donors (Lipinski definition) is 14. The Bertz CT molecular complexity index is 3160. The highest BCUT2D eigenvalue weighted by Gasteiger charge is 2.44. The molecule has 30 heteroatoms. The fourth-order valence-corrected chi connectivity index (χ4v) is 12.1. The van der Waals surface area contributed by atoms with Crippen LogP contribution in [0.1, 0.15) is 195 Å². The van der Waals surface area contributed by atoms with Crippen LogP contribution in [0, 0.1) is 47.3 Å². The van der Waals surface area contributed by atoms with Crippen molar-refractivity contribution < 1.29 is 77.0 Å². The number of aliphatic hydroxyl groups excluding tert-OH is 1. The highest BCUT2D eigenvalue weighted by molar-refractivity contribution is 6.03. The lowest BCUT2D eigenvalue weighted by atomic mass is 9.95. The number of rotatable bonds is 33. The Hall–Kier alpha value is -8.54. The molecule has 15 N–H and O–H groups in total. The summed E-state index contributed by atoms with van der Waals surface area (Å²) in [6.07, 6.45) is 1.02. The van der Waals surface area contributed by atoms with Crippen LogP contribution < -0.4 is 69.5 Å². The Balaban J connectivity index is 2.00. The normalized spacial score (nSPS) is 22.6.